The van der Waals surface area contributed by atoms with Crippen LogP contribution in [0.5, 0.6) is 11.5 Å². The predicted molar refractivity (Wildman–Crippen MR) is 152 cm³/mol. The third-order valence-electron chi connectivity index (χ3n) is 9.14. The maximum absolute atomic E-state index is 14.9. The Balaban J connectivity index is 1.26. The molecule has 4 rings (SSSR count). The van der Waals surface area contributed by atoms with Crippen LogP contribution in [0.1, 0.15) is 127 Å². The van der Waals surface area contributed by atoms with Crippen molar-refractivity contribution in [1.82, 2.24) is 0 Å². The van der Waals surface area contributed by atoms with Crippen molar-refractivity contribution in [2.24, 2.45) is 11.8 Å². The zero-order valence-electron chi connectivity index (χ0n) is 24.2. The molecule has 0 N–H and O–H groups in total. The van der Waals surface area contributed by atoms with Crippen LogP contribution in [0.15, 0.2) is 36.4 Å². The number of ether oxygens (including phenoxy) is 2. The van der Waals surface area contributed by atoms with Gasteiger partial charge < -0.3 is 9.47 Å². The first-order valence-corrected chi connectivity index (χ1v) is 15.6. The minimum Gasteiger partial charge on any atom is -0.480 e. The van der Waals surface area contributed by atoms with Gasteiger partial charge >= 0.3 is 6.11 Å². The van der Waals surface area contributed by atoms with E-state index in [-0.39, 0.29) is 11.7 Å². The molecule has 2 nitrogen and oxygen atoms in total. The Morgan fingerprint density at radius 1 is 0.700 bits per heavy atom. The Labute approximate surface area is 237 Å². The molecule has 2 aliphatic rings. The molecule has 2 aromatic rings. The van der Waals surface area contributed by atoms with Crippen molar-refractivity contribution in [2.75, 3.05) is 6.61 Å². The van der Waals surface area contributed by atoms with Crippen molar-refractivity contribution in [3.8, 4) is 11.5 Å². The quantitative estimate of drug-likeness (QED) is 0.179. The molecule has 0 aliphatic heterocycles. The van der Waals surface area contributed by atoms with Crippen LogP contribution in [0, 0.1) is 23.5 Å². The number of rotatable bonds is 13. The maximum atomic E-state index is 14.9. The topological polar surface area (TPSA) is 18.5 Å². The summed E-state index contributed by atoms with van der Waals surface area (Å²) in [7, 11) is 0. The number of unbranched alkanes of at least 4 members (excludes halogenated alkanes) is 2. The molecule has 2 saturated carbocycles. The highest BCUT2D eigenvalue weighted by atomic mass is 19.3. The molecule has 2 aromatic carbocycles. The van der Waals surface area contributed by atoms with E-state index in [1.165, 1.54) is 50.7 Å². The second-order valence-electron chi connectivity index (χ2n) is 12.1. The van der Waals surface area contributed by atoms with Gasteiger partial charge in [-0.15, -0.1) is 0 Å². The molecule has 0 radical (unpaired) electrons. The van der Waals surface area contributed by atoms with Gasteiger partial charge in [-0.1, -0.05) is 70.6 Å². The van der Waals surface area contributed by atoms with E-state index in [2.05, 4.69) is 13.8 Å². The average molecular weight is 563 g/mol. The standard InChI is InChI=1S/C34H46F4O2/c1-3-5-6-8-25-9-13-26(14-10-25)27-17-19-29(20-18-27)40-34(37,38)23-39-31-22-21-30(32(35)33(31)36)28-15-11-24(7-4-2)12-16-28/h17-22,24-26,28H,3-16,23H2,1-2H3. The van der Waals surface area contributed by atoms with E-state index in [4.69, 9.17) is 9.47 Å². The fourth-order valence-electron chi connectivity index (χ4n) is 6.78. The average Bonchev–Trinajstić information content (AvgIpc) is 2.95. The Morgan fingerprint density at radius 2 is 1.32 bits per heavy atom. The van der Waals surface area contributed by atoms with Gasteiger partial charge in [-0.2, -0.15) is 13.2 Å². The van der Waals surface area contributed by atoms with Gasteiger partial charge in [0.25, 0.3) is 0 Å². The highest BCUT2D eigenvalue weighted by Gasteiger charge is 2.34. The van der Waals surface area contributed by atoms with E-state index < -0.39 is 30.1 Å². The first kappa shape index (κ1) is 30.7. The lowest BCUT2D eigenvalue weighted by atomic mass is 9.77. The summed E-state index contributed by atoms with van der Waals surface area (Å²) in [6.45, 7) is 3.17. The van der Waals surface area contributed by atoms with Crippen LogP contribution in [-0.4, -0.2) is 12.7 Å². The monoisotopic (exact) mass is 562 g/mol. The molecule has 0 bridgehead atoms. The van der Waals surface area contributed by atoms with Crippen molar-refractivity contribution >= 4 is 0 Å². The molecular weight excluding hydrogens is 516 g/mol. The van der Waals surface area contributed by atoms with Crippen LogP contribution in [-0.2, 0) is 0 Å². The lowest BCUT2D eigenvalue weighted by Gasteiger charge is -2.29. The van der Waals surface area contributed by atoms with E-state index in [0.29, 0.717) is 17.4 Å². The fourth-order valence-corrected chi connectivity index (χ4v) is 6.78. The molecule has 0 aromatic heterocycles. The summed E-state index contributed by atoms with van der Waals surface area (Å²) in [4.78, 5) is 0. The first-order valence-electron chi connectivity index (χ1n) is 15.6. The molecule has 0 amide bonds. The Bertz CT molecular complexity index is 1040. The molecule has 2 aliphatic carbocycles. The molecule has 0 spiro atoms. The lowest BCUT2D eigenvalue weighted by molar-refractivity contribution is -0.195. The maximum Gasteiger partial charge on any atom is 0.432 e. The van der Waals surface area contributed by atoms with Crippen LogP contribution in [0.4, 0.5) is 17.6 Å². The SMILES string of the molecule is CCCCCC1CCC(c2ccc(OC(F)(F)COc3ccc(C4CCC(CCC)CC4)c(F)c3F)cc2)CC1. The molecule has 6 heteroatoms. The van der Waals surface area contributed by atoms with E-state index in [0.717, 1.165) is 62.8 Å². The summed E-state index contributed by atoms with van der Waals surface area (Å²) < 4.78 is 68.6. The number of benzene rings is 2. The Kier molecular flexibility index (Phi) is 11.2. The second-order valence-corrected chi connectivity index (χ2v) is 12.1. The van der Waals surface area contributed by atoms with Gasteiger partial charge in [0, 0.05) is 0 Å². The van der Waals surface area contributed by atoms with Crippen LogP contribution < -0.4 is 9.47 Å². The van der Waals surface area contributed by atoms with Gasteiger partial charge in [-0.3, -0.25) is 0 Å². The summed E-state index contributed by atoms with van der Waals surface area (Å²) in [5.74, 6) is -0.854. The van der Waals surface area contributed by atoms with Crippen molar-refractivity contribution < 1.29 is 27.0 Å². The largest absolute Gasteiger partial charge is 0.480 e. The van der Waals surface area contributed by atoms with Crippen LogP contribution in [0.2, 0.25) is 0 Å². The second kappa shape index (κ2) is 14.6. The van der Waals surface area contributed by atoms with Crippen molar-refractivity contribution in [2.45, 2.75) is 122 Å². The van der Waals surface area contributed by atoms with Gasteiger partial charge in [0.05, 0.1) is 0 Å². The summed E-state index contributed by atoms with van der Waals surface area (Å²) in [5.41, 5.74) is 1.46. The molecule has 2 fully saturated rings. The molecule has 0 saturated heterocycles. The first-order chi connectivity index (χ1) is 19.3. The molecule has 0 atom stereocenters. The van der Waals surface area contributed by atoms with Gasteiger partial charge in [0.15, 0.2) is 18.2 Å². The minimum atomic E-state index is -3.70. The molecular formula is C34H46F4O2. The normalized spacial score (nSPS) is 23.6. The van der Waals surface area contributed by atoms with Crippen LogP contribution in [0.3, 0.4) is 0 Å². The number of alkyl halides is 2. The number of halogens is 4. The van der Waals surface area contributed by atoms with Crippen molar-refractivity contribution in [1.29, 1.82) is 0 Å². The summed E-state index contributed by atoms with van der Waals surface area (Å²) in [6, 6.07) is 9.57. The zero-order valence-corrected chi connectivity index (χ0v) is 24.2. The van der Waals surface area contributed by atoms with Crippen molar-refractivity contribution in [3.05, 3.63) is 59.2 Å². The van der Waals surface area contributed by atoms with Gasteiger partial charge in [0.1, 0.15) is 5.75 Å². The van der Waals surface area contributed by atoms with Gasteiger partial charge in [0.2, 0.25) is 5.82 Å². The van der Waals surface area contributed by atoms with Crippen LogP contribution in [0.25, 0.3) is 0 Å². The molecule has 222 valence electrons. The highest BCUT2D eigenvalue weighted by Crippen LogP contribution is 2.41. The Hall–Kier alpha value is -2.24. The van der Waals surface area contributed by atoms with E-state index in [9.17, 15) is 17.6 Å². The fraction of sp³-hybridized carbons (Fsp3) is 0.647. The summed E-state index contributed by atoms with van der Waals surface area (Å²) >= 11 is 0. The predicted octanol–water partition coefficient (Wildman–Crippen LogP) is 10.9. The Morgan fingerprint density at radius 3 is 1.95 bits per heavy atom. The third-order valence-corrected chi connectivity index (χ3v) is 9.14. The van der Waals surface area contributed by atoms with Gasteiger partial charge in [-0.05, 0) is 104 Å². The third kappa shape index (κ3) is 8.39. The van der Waals surface area contributed by atoms with E-state index >= 15 is 0 Å². The molecule has 0 unspecified atom stereocenters. The summed E-state index contributed by atoms with van der Waals surface area (Å²) in [6.07, 6.45) is 12.1. The number of hydrogen-bond acceptors (Lipinski definition) is 2. The lowest BCUT2D eigenvalue weighted by Crippen LogP contribution is -2.32. The molecule has 0 heterocycles. The minimum absolute atomic E-state index is 0.0197. The highest BCUT2D eigenvalue weighted by molar-refractivity contribution is 5.34. The van der Waals surface area contributed by atoms with E-state index in [1.807, 2.05) is 12.1 Å². The van der Waals surface area contributed by atoms with Crippen molar-refractivity contribution in [3.63, 3.8) is 0 Å². The molecule has 40 heavy (non-hydrogen) atoms. The zero-order chi connectivity index (χ0) is 28.5. The smallest absolute Gasteiger partial charge is 0.432 e. The van der Waals surface area contributed by atoms with E-state index in [1.54, 1.807) is 12.1 Å². The van der Waals surface area contributed by atoms with Crippen LogP contribution >= 0.6 is 0 Å². The number of hydrogen-bond donors (Lipinski definition) is 0. The summed E-state index contributed by atoms with van der Waals surface area (Å²) in [5, 5.41) is 0. The van der Waals surface area contributed by atoms with Gasteiger partial charge in [-0.25, -0.2) is 4.39 Å².